The normalized spacial score (nSPS) is 12.1. The van der Waals surface area contributed by atoms with Gasteiger partial charge in [0.05, 0.1) is 12.7 Å². The number of hydrogen-bond donors (Lipinski definition) is 1. The van der Waals surface area contributed by atoms with Crippen molar-refractivity contribution in [2.75, 3.05) is 13.2 Å². The molecule has 0 spiro atoms. The second-order valence-electron chi connectivity index (χ2n) is 4.55. The molecule has 0 aliphatic carbocycles. The van der Waals surface area contributed by atoms with Gasteiger partial charge in [0, 0.05) is 30.9 Å². The molecular weight excluding hydrogens is 276 g/mol. The first kappa shape index (κ1) is 15.1. The van der Waals surface area contributed by atoms with E-state index in [9.17, 15) is 14.7 Å². The van der Waals surface area contributed by atoms with Crippen molar-refractivity contribution in [3.63, 3.8) is 0 Å². The van der Waals surface area contributed by atoms with Crippen LogP contribution in [0.4, 0.5) is 0 Å². The third-order valence-corrected chi connectivity index (χ3v) is 2.79. The van der Waals surface area contributed by atoms with Gasteiger partial charge in [-0.2, -0.15) is 0 Å². The summed E-state index contributed by atoms with van der Waals surface area (Å²) < 4.78 is 15.2. The molecule has 0 saturated heterocycles. The summed E-state index contributed by atoms with van der Waals surface area (Å²) in [5.41, 5.74) is 0.0249. The lowest BCUT2D eigenvalue weighted by Crippen LogP contribution is -2.20. The molecule has 1 aromatic carbocycles. The van der Waals surface area contributed by atoms with Crippen molar-refractivity contribution in [3.8, 4) is 5.75 Å². The van der Waals surface area contributed by atoms with Crippen LogP contribution in [0.5, 0.6) is 5.75 Å². The molecular formula is C15H16O6. The molecule has 2 aromatic rings. The highest BCUT2D eigenvalue weighted by Gasteiger charge is 2.07. The molecule has 0 saturated carbocycles. The molecule has 0 amide bonds. The molecule has 0 aliphatic rings. The predicted octanol–water partition coefficient (Wildman–Crippen LogP) is 1.49. The maximum absolute atomic E-state index is 11.1. The average molecular weight is 292 g/mol. The second-order valence-corrected chi connectivity index (χ2v) is 4.55. The van der Waals surface area contributed by atoms with E-state index in [-0.39, 0.29) is 13.2 Å². The Morgan fingerprint density at radius 2 is 2.10 bits per heavy atom. The number of benzene rings is 1. The van der Waals surface area contributed by atoms with Crippen molar-refractivity contribution < 1.29 is 23.8 Å². The van der Waals surface area contributed by atoms with E-state index in [1.807, 2.05) is 0 Å². The second kappa shape index (κ2) is 6.90. The van der Waals surface area contributed by atoms with Gasteiger partial charge in [-0.15, -0.1) is 0 Å². The summed E-state index contributed by atoms with van der Waals surface area (Å²) in [7, 11) is 0. The monoisotopic (exact) mass is 292 g/mol. The van der Waals surface area contributed by atoms with Crippen LogP contribution in [0.2, 0.25) is 0 Å². The lowest BCUT2D eigenvalue weighted by atomic mass is 10.2. The minimum absolute atomic E-state index is 0.0503. The number of carbonyl (C=O) groups is 1. The van der Waals surface area contributed by atoms with Crippen molar-refractivity contribution in [1.29, 1.82) is 0 Å². The number of esters is 1. The molecule has 6 heteroatoms. The zero-order valence-corrected chi connectivity index (χ0v) is 11.6. The fourth-order valence-corrected chi connectivity index (χ4v) is 1.74. The van der Waals surface area contributed by atoms with Crippen molar-refractivity contribution in [1.82, 2.24) is 0 Å². The fraction of sp³-hybridized carbons (Fsp3) is 0.333. The van der Waals surface area contributed by atoms with Gasteiger partial charge in [0.1, 0.15) is 17.9 Å². The first-order valence-electron chi connectivity index (χ1n) is 6.53. The van der Waals surface area contributed by atoms with Crippen LogP contribution in [0.25, 0.3) is 11.0 Å². The Morgan fingerprint density at radius 1 is 1.33 bits per heavy atom. The third kappa shape index (κ3) is 4.61. The molecule has 1 heterocycles. The minimum atomic E-state index is -0.771. The zero-order valence-electron chi connectivity index (χ0n) is 11.6. The quantitative estimate of drug-likeness (QED) is 0.641. The molecule has 112 valence electrons. The van der Waals surface area contributed by atoms with Gasteiger partial charge in [0.25, 0.3) is 0 Å². The van der Waals surface area contributed by atoms with Crippen molar-refractivity contribution in [3.05, 3.63) is 40.8 Å². The molecule has 0 bridgehead atoms. The van der Waals surface area contributed by atoms with Gasteiger partial charge in [-0.1, -0.05) is 0 Å². The Balaban J connectivity index is 1.88. The van der Waals surface area contributed by atoms with Crippen molar-refractivity contribution in [2.24, 2.45) is 0 Å². The maximum Gasteiger partial charge on any atom is 0.336 e. The van der Waals surface area contributed by atoms with Crippen LogP contribution in [0.15, 0.2) is 39.5 Å². The van der Waals surface area contributed by atoms with Gasteiger partial charge in [-0.25, -0.2) is 4.79 Å². The minimum Gasteiger partial charge on any atom is -0.493 e. The van der Waals surface area contributed by atoms with E-state index in [1.54, 1.807) is 24.3 Å². The summed E-state index contributed by atoms with van der Waals surface area (Å²) in [4.78, 5) is 21.7. The van der Waals surface area contributed by atoms with Gasteiger partial charge in [0.15, 0.2) is 0 Å². The van der Waals surface area contributed by atoms with E-state index in [4.69, 9.17) is 9.15 Å². The third-order valence-electron chi connectivity index (χ3n) is 2.79. The van der Waals surface area contributed by atoms with Crippen LogP contribution < -0.4 is 10.4 Å². The van der Waals surface area contributed by atoms with Crippen LogP contribution in [-0.4, -0.2) is 30.4 Å². The molecule has 21 heavy (non-hydrogen) atoms. The van der Waals surface area contributed by atoms with Crippen LogP contribution in [0.1, 0.15) is 13.3 Å². The lowest BCUT2D eigenvalue weighted by molar-refractivity contribution is -0.144. The highest BCUT2D eigenvalue weighted by Crippen LogP contribution is 2.19. The summed E-state index contributed by atoms with van der Waals surface area (Å²) in [6, 6.07) is 8.18. The van der Waals surface area contributed by atoms with E-state index in [0.29, 0.717) is 17.8 Å². The Labute approximate surface area is 120 Å². The number of carbonyl (C=O) groups excluding carboxylic acids is 1. The van der Waals surface area contributed by atoms with E-state index < -0.39 is 17.7 Å². The average Bonchev–Trinajstić information content (AvgIpc) is 2.44. The van der Waals surface area contributed by atoms with Crippen LogP contribution in [-0.2, 0) is 9.53 Å². The Morgan fingerprint density at radius 3 is 2.86 bits per heavy atom. The smallest absolute Gasteiger partial charge is 0.336 e. The number of aliphatic hydroxyl groups excluding tert-OH is 1. The largest absolute Gasteiger partial charge is 0.493 e. The molecule has 0 aliphatic heterocycles. The molecule has 1 atom stereocenters. The highest BCUT2D eigenvalue weighted by molar-refractivity contribution is 5.77. The lowest BCUT2D eigenvalue weighted by Gasteiger charge is -2.11. The van der Waals surface area contributed by atoms with E-state index >= 15 is 0 Å². The van der Waals surface area contributed by atoms with Crippen LogP contribution in [0, 0.1) is 0 Å². The number of ether oxygens (including phenoxy) is 2. The van der Waals surface area contributed by atoms with Crippen LogP contribution >= 0.6 is 0 Å². The van der Waals surface area contributed by atoms with Crippen molar-refractivity contribution >= 4 is 16.9 Å². The SMILES string of the molecule is CC(=O)OC[C@@H](O)CCOc1ccc2ccc(=O)oc2c1. The van der Waals surface area contributed by atoms with E-state index in [2.05, 4.69) is 4.74 Å². The van der Waals surface area contributed by atoms with Gasteiger partial charge >= 0.3 is 11.6 Å². The topological polar surface area (TPSA) is 86.0 Å². The number of aliphatic hydroxyl groups is 1. The molecule has 0 fully saturated rings. The molecule has 0 unspecified atom stereocenters. The first-order valence-corrected chi connectivity index (χ1v) is 6.53. The summed E-state index contributed by atoms with van der Waals surface area (Å²) in [5, 5.41) is 10.4. The summed E-state index contributed by atoms with van der Waals surface area (Å²) >= 11 is 0. The standard InChI is InChI=1S/C15H16O6/c1-10(16)20-9-12(17)6-7-19-13-4-2-11-3-5-15(18)21-14(11)8-13/h2-5,8,12,17H,6-7,9H2,1H3/t12-/m0/s1. The Bertz CT molecular complexity index is 675. The molecule has 6 nitrogen and oxygen atoms in total. The molecule has 1 aromatic heterocycles. The van der Waals surface area contributed by atoms with Gasteiger partial charge in [-0.05, 0) is 18.2 Å². The number of fused-ring (bicyclic) bond motifs is 1. The van der Waals surface area contributed by atoms with Crippen molar-refractivity contribution in [2.45, 2.75) is 19.4 Å². The zero-order chi connectivity index (χ0) is 15.2. The number of hydrogen-bond acceptors (Lipinski definition) is 6. The number of rotatable bonds is 6. The van der Waals surface area contributed by atoms with E-state index in [1.165, 1.54) is 13.0 Å². The first-order chi connectivity index (χ1) is 10.0. The molecule has 2 rings (SSSR count). The highest BCUT2D eigenvalue weighted by atomic mass is 16.5. The molecule has 1 N–H and O–H groups in total. The summed E-state index contributed by atoms with van der Waals surface area (Å²) in [5.74, 6) is 0.107. The van der Waals surface area contributed by atoms with Gasteiger partial charge in [-0.3, -0.25) is 4.79 Å². The predicted molar refractivity (Wildman–Crippen MR) is 75.2 cm³/mol. The summed E-state index contributed by atoms with van der Waals surface area (Å²) in [6.07, 6.45) is -0.448. The Kier molecular flexibility index (Phi) is 4.94. The van der Waals surface area contributed by atoms with Gasteiger partial charge in [0.2, 0.25) is 0 Å². The van der Waals surface area contributed by atoms with E-state index in [0.717, 1.165) is 5.39 Å². The van der Waals surface area contributed by atoms with Gasteiger partial charge < -0.3 is 19.0 Å². The molecule has 0 radical (unpaired) electrons. The summed E-state index contributed by atoms with van der Waals surface area (Å²) in [6.45, 7) is 1.49. The van der Waals surface area contributed by atoms with Crippen LogP contribution in [0.3, 0.4) is 0 Å². The fourth-order valence-electron chi connectivity index (χ4n) is 1.74. The maximum atomic E-state index is 11.1. The Hall–Kier alpha value is -2.34.